The zero-order chi connectivity index (χ0) is 20.3. The Kier molecular flexibility index (Phi) is 5.20. The predicted octanol–water partition coefficient (Wildman–Crippen LogP) is 4.60. The van der Waals surface area contributed by atoms with Gasteiger partial charge in [-0.2, -0.15) is 5.10 Å². The van der Waals surface area contributed by atoms with Gasteiger partial charge in [0.15, 0.2) is 5.82 Å². The molecule has 0 radical (unpaired) electrons. The number of H-pyrrole nitrogens is 1. The third-order valence-corrected chi connectivity index (χ3v) is 6.43. The molecule has 30 heavy (non-hydrogen) atoms. The van der Waals surface area contributed by atoms with Crippen molar-refractivity contribution < 1.29 is 9.21 Å². The number of thioether (sulfide) groups is 1. The number of benzene rings is 1. The lowest BCUT2D eigenvalue weighted by atomic mass is 10.1. The van der Waals surface area contributed by atoms with Crippen LogP contribution in [0.15, 0.2) is 80.9 Å². The zero-order valence-electron chi connectivity index (χ0n) is 15.8. The van der Waals surface area contributed by atoms with Crippen LogP contribution in [-0.4, -0.2) is 37.6 Å². The van der Waals surface area contributed by atoms with Crippen LogP contribution in [0, 0.1) is 0 Å². The predicted molar refractivity (Wildman–Crippen MR) is 116 cm³/mol. The summed E-state index contributed by atoms with van der Waals surface area (Å²) in [7, 11) is 0. The van der Waals surface area contributed by atoms with E-state index in [1.54, 1.807) is 17.6 Å². The van der Waals surface area contributed by atoms with Gasteiger partial charge in [0, 0.05) is 12.0 Å². The van der Waals surface area contributed by atoms with Crippen LogP contribution < -0.4 is 0 Å². The molecule has 9 heteroatoms. The molecule has 1 aliphatic heterocycles. The van der Waals surface area contributed by atoms with Crippen molar-refractivity contribution in [2.75, 3.05) is 5.75 Å². The van der Waals surface area contributed by atoms with Gasteiger partial charge in [-0.1, -0.05) is 48.2 Å². The Bertz CT molecular complexity index is 1150. The summed E-state index contributed by atoms with van der Waals surface area (Å²) >= 11 is 2.90. The Morgan fingerprint density at radius 2 is 2.10 bits per heavy atom. The van der Waals surface area contributed by atoms with E-state index in [2.05, 4.69) is 20.3 Å². The average Bonchev–Trinajstić information content (AvgIpc) is 3.57. The van der Waals surface area contributed by atoms with Crippen LogP contribution in [0.5, 0.6) is 0 Å². The molecule has 0 saturated heterocycles. The number of hydrogen-bond donors (Lipinski definition) is 1. The summed E-state index contributed by atoms with van der Waals surface area (Å²) < 4.78 is 5.58. The Hall–Kier alpha value is -3.17. The minimum atomic E-state index is -0.239. The zero-order valence-corrected chi connectivity index (χ0v) is 17.4. The summed E-state index contributed by atoms with van der Waals surface area (Å²) in [6, 6.07) is 17.2. The summed E-state index contributed by atoms with van der Waals surface area (Å²) in [4.78, 5) is 18.6. The van der Waals surface area contributed by atoms with Crippen molar-refractivity contribution >= 4 is 34.7 Å². The lowest BCUT2D eigenvalue weighted by Gasteiger charge is -2.19. The van der Waals surface area contributed by atoms with Gasteiger partial charge in [-0.15, -0.1) is 16.4 Å². The summed E-state index contributed by atoms with van der Waals surface area (Å²) in [5, 5.41) is 15.8. The van der Waals surface area contributed by atoms with Crippen LogP contribution in [0.3, 0.4) is 0 Å². The molecular formula is C21H17N5O2S2. The van der Waals surface area contributed by atoms with Crippen molar-refractivity contribution in [3.63, 3.8) is 0 Å². The summed E-state index contributed by atoms with van der Waals surface area (Å²) in [6.07, 6.45) is 2.25. The standard InChI is InChI=1S/C21H17N5O2S2/c27-19(13-30-21-22-20(23-24-21)14-6-2-1-3-7-14)26-16(17-8-4-10-28-17)12-15(25-26)18-9-5-11-29-18/h1-11,16H,12-13H2,(H,22,23,24). The Morgan fingerprint density at radius 3 is 2.87 bits per heavy atom. The number of carbonyl (C=O) groups is 1. The minimum absolute atomic E-state index is 0.112. The van der Waals surface area contributed by atoms with Gasteiger partial charge in [-0.05, 0) is 23.6 Å². The van der Waals surface area contributed by atoms with Crippen LogP contribution in [0.1, 0.15) is 23.1 Å². The van der Waals surface area contributed by atoms with Gasteiger partial charge in [0.05, 0.1) is 22.6 Å². The van der Waals surface area contributed by atoms with Crippen molar-refractivity contribution in [1.29, 1.82) is 0 Å². The molecule has 7 nitrogen and oxygen atoms in total. The second-order valence-corrected chi connectivity index (χ2v) is 8.51. The minimum Gasteiger partial charge on any atom is -0.467 e. The maximum Gasteiger partial charge on any atom is 0.253 e. The number of furan rings is 1. The van der Waals surface area contributed by atoms with Gasteiger partial charge in [-0.25, -0.2) is 9.99 Å². The van der Waals surface area contributed by atoms with E-state index in [4.69, 9.17) is 4.42 Å². The van der Waals surface area contributed by atoms with Gasteiger partial charge in [-0.3, -0.25) is 9.89 Å². The summed E-state index contributed by atoms with van der Waals surface area (Å²) in [5.74, 6) is 1.48. The molecule has 0 fully saturated rings. The van der Waals surface area contributed by atoms with Crippen LogP contribution >= 0.6 is 23.1 Å². The lowest BCUT2D eigenvalue weighted by molar-refractivity contribution is -0.130. The highest BCUT2D eigenvalue weighted by molar-refractivity contribution is 7.99. The van der Waals surface area contributed by atoms with Crippen LogP contribution in [-0.2, 0) is 4.79 Å². The number of hydrogen-bond acceptors (Lipinski definition) is 7. The van der Waals surface area contributed by atoms with E-state index in [1.807, 2.05) is 60.0 Å². The van der Waals surface area contributed by atoms with E-state index < -0.39 is 0 Å². The molecule has 3 aromatic heterocycles. The molecule has 0 spiro atoms. The van der Waals surface area contributed by atoms with Gasteiger partial charge < -0.3 is 4.42 Å². The number of rotatable bonds is 6. The third-order valence-electron chi connectivity index (χ3n) is 4.68. The van der Waals surface area contributed by atoms with E-state index in [-0.39, 0.29) is 17.7 Å². The third kappa shape index (κ3) is 3.81. The van der Waals surface area contributed by atoms with E-state index in [1.165, 1.54) is 16.8 Å². The molecule has 1 unspecified atom stereocenters. The van der Waals surface area contributed by atoms with Gasteiger partial charge in [0.25, 0.3) is 5.91 Å². The molecule has 0 bridgehead atoms. The van der Waals surface area contributed by atoms with Crippen LogP contribution in [0.4, 0.5) is 0 Å². The van der Waals surface area contributed by atoms with Gasteiger partial charge >= 0.3 is 0 Å². The monoisotopic (exact) mass is 435 g/mol. The molecule has 0 aliphatic carbocycles. The first-order valence-corrected chi connectivity index (χ1v) is 11.2. The molecule has 0 saturated carbocycles. The first-order valence-electron chi connectivity index (χ1n) is 9.35. The largest absolute Gasteiger partial charge is 0.467 e. The first-order chi connectivity index (χ1) is 14.8. The van der Waals surface area contributed by atoms with Crippen molar-refractivity contribution in [3.8, 4) is 11.4 Å². The van der Waals surface area contributed by atoms with Crippen molar-refractivity contribution in [2.45, 2.75) is 17.6 Å². The topological polar surface area (TPSA) is 87.4 Å². The molecule has 1 amide bonds. The maximum atomic E-state index is 13.0. The molecule has 1 aliphatic rings. The number of thiophene rings is 1. The average molecular weight is 436 g/mol. The molecule has 1 atom stereocenters. The molecule has 5 rings (SSSR count). The quantitative estimate of drug-likeness (QED) is 0.447. The lowest BCUT2D eigenvalue weighted by Crippen LogP contribution is -2.28. The Labute approximate surface area is 180 Å². The number of nitrogens with zero attached hydrogens (tertiary/aromatic N) is 4. The highest BCUT2D eigenvalue weighted by Gasteiger charge is 2.35. The smallest absolute Gasteiger partial charge is 0.253 e. The van der Waals surface area contributed by atoms with Crippen LogP contribution in [0.2, 0.25) is 0 Å². The molecule has 1 aromatic carbocycles. The fraction of sp³-hybridized carbons (Fsp3) is 0.143. The SMILES string of the molecule is O=C(CSc1n[nH]c(-c2ccccc2)n1)N1N=C(c2cccs2)CC1c1ccco1. The summed E-state index contributed by atoms with van der Waals surface area (Å²) in [6.45, 7) is 0. The van der Waals surface area contributed by atoms with Crippen LogP contribution in [0.25, 0.3) is 11.4 Å². The van der Waals surface area contributed by atoms with E-state index >= 15 is 0 Å². The molecule has 150 valence electrons. The number of nitrogens with one attached hydrogen (secondary N) is 1. The number of hydrazone groups is 1. The molecular weight excluding hydrogens is 418 g/mol. The molecule has 4 heterocycles. The fourth-order valence-corrected chi connectivity index (χ4v) is 4.63. The van der Waals surface area contributed by atoms with Crippen molar-refractivity contribution in [3.05, 3.63) is 76.9 Å². The number of aromatic nitrogens is 3. The first kappa shape index (κ1) is 18.8. The fourth-order valence-electron chi connectivity index (χ4n) is 3.26. The Morgan fingerprint density at radius 1 is 1.20 bits per heavy atom. The maximum absolute atomic E-state index is 13.0. The number of amides is 1. The van der Waals surface area contributed by atoms with Crippen molar-refractivity contribution in [1.82, 2.24) is 20.2 Å². The van der Waals surface area contributed by atoms with Crippen molar-refractivity contribution in [2.24, 2.45) is 5.10 Å². The molecule has 1 N–H and O–H groups in total. The number of aromatic amines is 1. The van der Waals surface area contributed by atoms with Gasteiger partial charge in [0.1, 0.15) is 11.8 Å². The van der Waals surface area contributed by atoms with E-state index in [9.17, 15) is 4.79 Å². The molecule has 4 aromatic rings. The summed E-state index contributed by atoms with van der Waals surface area (Å²) in [5.41, 5.74) is 1.85. The highest BCUT2D eigenvalue weighted by Crippen LogP contribution is 2.34. The van der Waals surface area contributed by atoms with E-state index in [0.29, 0.717) is 17.4 Å². The normalized spacial score (nSPS) is 16.1. The van der Waals surface area contributed by atoms with Gasteiger partial charge in [0.2, 0.25) is 5.16 Å². The second-order valence-electron chi connectivity index (χ2n) is 6.62. The number of carbonyl (C=O) groups excluding carboxylic acids is 1. The Balaban J connectivity index is 1.31. The van der Waals surface area contributed by atoms with E-state index in [0.717, 1.165) is 21.9 Å². The second kappa shape index (κ2) is 8.29. The highest BCUT2D eigenvalue weighted by atomic mass is 32.2.